The van der Waals surface area contributed by atoms with Gasteiger partial charge in [-0.05, 0) is 38.3 Å². The first-order valence-electron chi connectivity index (χ1n) is 7.60. The number of likely N-dealkylation sites (tertiary alicyclic amines) is 1. The Bertz CT molecular complexity index is 441. The predicted octanol–water partition coefficient (Wildman–Crippen LogP) is 2.38. The van der Waals surface area contributed by atoms with Crippen LogP contribution in [0, 0.1) is 12.8 Å². The summed E-state index contributed by atoms with van der Waals surface area (Å²) in [4.78, 5) is 14.3. The van der Waals surface area contributed by atoms with Crippen LogP contribution in [0.4, 0.5) is 0 Å². The lowest BCUT2D eigenvalue weighted by Crippen LogP contribution is -2.49. The lowest BCUT2D eigenvalue weighted by molar-refractivity contribution is -0.133. The zero-order chi connectivity index (χ0) is 14.5. The summed E-state index contributed by atoms with van der Waals surface area (Å²) in [6.45, 7) is 6.09. The number of carbonyl (C=O) groups is 1. The van der Waals surface area contributed by atoms with Crippen LogP contribution < -0.4 is 5.32 Å². The molecule has 1 amide bonds. The molecule has 0 aromatic heterocycles. The van der Waals surface area contributed by atoms with E-state index in [1.54, 1.807) is 0 Å². The van der Waals surface area contributed by atoms with E-state index in [9.17, 15) is 4.79 Å². The van der Waals surface area contributed by atoms with Crippen LogP contribution in [-0.2, 0) is 11.2 Å². The lowest BCUT2D eigenvalue weighted by atomic mass is 9.93. The third-order valence-corrected chi connectivity index (χ3v) is 4.38. The summed E-state index contributed by atoms with van der Waals surface area (Å²) in [6, 6.07) is 9.02. The quantitative estimate of drug-likeness (QED) is 0.914. The van der Waals surface area contributed by atoms with Gasteiger partial charge in [-0.15, -0.1) is 0 Å². The van der Waals surface area contributed by atoms with E-state index in [1.165, 1.54) is 11.1 Å². The summed E-state index contributed by atoms with van der Waals surface area (Å²) in [5.41, 5.74) is 2.52. The number of benzene rings is 1. The summed E-state index contributed by atoms with van der Waals surface area (Å²) in [7, 11) is 2.01. The van der Waals surface area contributed by atoms with Gasteiger partial charge >= 0.3 is 0 Å². The fraction of sp³-hybridized carbons (Fsp3) is 0.588. The third kappa shape index (κ3) is 3.83. The largest absolute Gasteiger partial charge is 0.342 e. The van der Waals surface area contributed by atoms with E-state index in [0.29, 0.717) is 24.3 Å². The standard InChI is InChI=1S/C17H26N2O/c1-13-4-6-15(7-5-13)8-9-17(20)19-11-10-16(18-3)14(2)12-19/h4-7,14,16,18H,8-12H2,1-3H3. The number of hydrogen-bond acceptors (Lipinski definition) is 2. The Balaban J connectivity index is 1.82. The number of nitrogens with zero attached hydrogens (tertiary/aromatic N) is 1. The molecule has 1 aliphatic rings. The van der Waals surface area contributed by atoms with E-state index in [-0.39, 0.29) is 0 Å². The van der Waals surface area contributed by atoms with E-state index < -0.39 is 0 Å². The fourth-order valence-corrected chi connectivity index (χ4v) is 2.97. The van der Waals surface area contributed by atoms with Crippen molar-refractivity contribution in [3.8, 4) is 0 Å². The van der Waals surface area contributed by atoms with E-state index in [0.717, 1.165) is 25.9 Å². The minimum absolute atomic E-state index is 0.298. The van der Waals surface area contributed by atoms with Crippen molar-refractivity contribution in [2.45, 2.75) is 39.2 Å². The Hall–Kier alpha value is -1.35. The molecule has 1 saturated heterocycles. The first-order chi connectivity index (χ1) is 9.60. The smallest absolute Gasteiger partial charge is 0.222 e. The molecule has 3 heteroatoms. The number of hydrogen-bond donors (Lipinski definition) is 1. The topological polar surface area (TPSA) is 32.3 Å². The van der Waals surface area contributed by atoms with Crippen LogP contribution in [0.15, 0.2) is 24.3 Å². The highest BCUT2D eigenvalue weighted by Crippen LogP contribution is 2.17. The Kier molecular flexibility index (Phi) is 5.18. The molecule has 0 bridgehead atoms. The van der Waals surface area contributed by atoms with E-state index in [4.69, 9.17) is 0 Å². The van der Waals surface area contributed by atoms with Crippen molar-refractivity contribution >= 4 is 5.91 Å². The second-order valence-corrected chi connectivity index (χ2v) is 5.99. The van der Waals surface area contributed by atoms with Crippen LogP contribution in [0.3, 0.4) is 0 Å². The summed E-state index contributed by atoms with van der Waals surface area (Å²) < 4.78 is 0. The third-order valence-electron chi connectivity index (χ3n) is 4.38. The van der Waals surface area contributed by atoms with Crippen LogP contribution in [0.5, 0.6) is 0 Å². The molecule has 1 aromatic rings. The van der Waals surface area contributed by atoms with Gasteiger partial charge in [0.2, 0.25) is 5.91 Å². The molecule has 3 nitrogen and oxygen atoms in total. The average Bonchev–Trinajstić information content (AvgIpc) is 2.46. The van der Waals surface area contributed by atoms with Crippen molar-refractivity contribution in [1.82, 2.24) is 10.2 Å². The van der Waals surface area contributed by atoms with Crippen LogP contribution >= 0.6 is 0 Å². The average molecular weight is 274 g/mol. The maximum absolute atomic E-state index is 12.3. The summed E-state index contributed by atoms with van der Waals surface area (Å²) in [5, 5.41) is 3.34. The second kappa shape index (κ2) is 6.89. The SMILES string of the molecule is CNC1CCN(C(=O)CCc2ccc(C)cc2)CC1C. The molecule has 0 aliphatic carbocycles. The van der Waals surface area contributed by atoms with Gasteiger partial charge in [-0.2, -0.15) is 0 Å². The van der Waals surface area contributed by atoms with Crippen molar-refractivity contribution < 1.29 is 4.79 Å². The molecule has 2 atom stereocenters. The van der Waals surface area contributed by atoms with Gasteiger partial charge in [0, 0.05) is 25.6 Å². The molecule has 0 saturated carbocycles. The van der Waals surface area contributed by atoms with Crippen LogP contribution in [0.2, 0.25) is 0 Å². The molecule has 0 radical (unpaired) electrons. The molecular formula is C17H26N2O. The Morgan fingerprint density at radius 2 is 2.05 bits per heavy atom. The first-order valence-corrected chi connectivity index (χ1v) is 7.60. The van der Waals surface area contributed by atoms with Crippen molar-refractivity contribution in [2.75, 3.05) is 20.1 Å². The molecule has 1 heterocycles. The lowest BCUT2D eigenvalue weighted by Gasteiger charge is -2.36. The molecular weight excluding hydrogens is 248 g/mol. The van der Waals surface area contributed by atoms with E-state index in [1.807, 2.05) is 11.9 Å². The number of amides is 1. The highest BCUT2D eigenvalue weighted by atomic mass is 16.2. The van der Waals surface area contributed by atoms with E-state index >= 15 is 0 Å². The number of aryl methyl sites for hydroxylation is 2. The highest BCUT2D eigenvalue weighted by molar-refractivity contribution is 5.76. The van der Waals surface area contributed by atoms with Crippen molar-refractivity contribution in [1.29, 1.82) is 0 Å². The van der Waals surface area contributed by atoms with Gasteiger partial charge in [-0.3, -0.25) is 4.79 Å². The molecule has 2 rings (SSSR count). The first kappa shape index (κ1) is 15.0. The predicted molar refractivity (Wildman–Crippen MR) is 82.7 cm³/mol. The van der Waals surface area contributed by atoms with E-state index in [2.05, 4.69) is 43.4 Å². The number of piperidine rings is 1. The van der Waals surface area contributed by atoms with Gasteiger partial charge in [-0.1, -0.05) is 36.8 Å². The Morgan fingerprint density at radius 3 is 2.65 bits per heavy atom. The van der Waals surface area contributed by atoms with Crippen LogP contribution in [-0.4, -0.2) is 37.0 Å². The van der Waals surface area contributed by atoms with Gasteiger partial charge < -0.3 is 10.2 Å². The molecule has 0 spiro atoms. The minimum Gasteiger partial charge on any atom is -0.342 e. The molecule has 1 aliphatic heterocycles. The zero-order valence-corrected chi connectivity index (χ0v) is 12.9. The summed E-state index contributed by atoms with van der Waals surface area (Å²) in [6.07, 6.45) is 2.54. The molecule has 110 valence electrons. The van der Waals surface area contributed by atoms with Crippen molar-refractivity contribution in [3.05, 3.63) is 35.4 Å². The molecule has 2 unspecified atom stereocenters. The molecule has 20 heavy (non-hydrogen) atoms. The maximum Gasteiger partial charge on any atom is 0.222 e. The zero-order valence-electron chi connectivity index (χ0n) is 12.9. The minimum atomic E-state index is 0.298. The van der Waals surface area contributed by atoms with Crippen molar-refractivity contribution in [3.63, 3.8) is 0 Å². The van der Waals surface area contributed by atoms with Crippen molar-refractivity contribution in [2.24, 2.45) is 5.92 Å². The Morgan fingerprint density at radius 1 is 1.35 bits per heavy atom. The Labute approximate surface area is 122 Å². The van der Waals surface area contributed by atoms with Gasteiger partial charge in [-0.25, -0.2) is 0 Å². The van der Waals surface area contributed by atoms with Gasteiger partial charge in [0.1, 0.15) is 0 Å². The number of carbonyl (C=O) groups excluding carboxylic acids is 1. The normalized spacial score (nSPS) is 22.9. The molecule has 1 N–H and O–H groups in total. The second-order valence-electron chi connectivity index (χ2n) is 5.99. The highest BCUT2D eigenvalue weighted by Gasteiger charge is 2.27. The monoisotopic (exact) mass is 274 g/mol. The van der Waals surface area contributed by atoms with Gasteiger partial charge in [0.25, 0.3) is 0 Å². The van der Waals surface area contributed by atoms with Gasteiger partial charge in [0.05, 0.1) is 0 Å². The molecule has 1 aromatic carbocycles. The number of nitrogens with one attached hydrogen (secondary N) is 1. The fourth-order valence-electron chi connectivity index (χ4n) is 2.97. The molecule has 1 fully saturated rings. The summed E-state index contributed by atoms with van der Waals surface area (Å²) >= 11 is 0. The maximum atomic E-state index is 12.3. The van der Waals surface area contributed by atoms with Crippen LogP contribution in [0.25, 0.3) is 0 Å². The van der Waals surface area contributed by atoms with Crippen LogP contribution in [0.1, 0.15) is 30.9 Å². The summed E-state index contributed by atoms with van der Waals surface area (Å²) in [5.74, 6) is 0.837. The van der Waals surface area contributed by atoms with Gasteiger partial charge in [0.15, 0.2) is 0 Å². The number of rotatable bonds is 4.